The van der Waals surface area contributed by atoms with E-state index < -0.39 is 11.9 Å². The van der Waals surface area contributed by atoms with Gasteiger partial charge in [-0.05, 0) is 37.0 Å². The zero-order valence-electron chi connectivity index (χ0n) is 17.6. The predicted octanol–water partition coefficient (Wildman–Crippen LogP) is 4.00. The van der Waals surface area contributed by atoms with Crippen LogP contribution in [0.5, 0.6) is 0 Å². The largest absolute Gasteiger partial charge is 0.465 e. The number of esters is 1. The zero-order chi connectivity index (χ0) is 21.3. The standard InChI is InChI=1S/C24H27N3O3/c1-4-30-23(29)20-21(16(2)3)27-19-13-9-8-12-18(19)25-24(27)26(22(20)28)15-14-17-10-6-5-7-11-17/h5-13,16,20-21H,4,14-15H2,1-3H3/t20-,21-/m1/s1. The van der Waals surface area contributed by atoms with E-state index in [0.29, 0.717) is 18.9 Å². The molecule has 0 saturated carbocycles. The summed E-state index contributed by atoms with van der Waals surface area (Å²) in [5.74, 6) is -0.918. The number of ether oxygens (including phenoxy) is 1. The van der Waals surface area contributed by atoms with Crippen LogP contribution in [-0.2, 0) is 20.7 Å². The van der Waals surface area contributed by atoms with Gasteiger partial charge in [-0.15, -0.1) is 0 Å². The van der Waals surface area contributed by atoms with Crippen molar-refractivity contribution in [1.82, 2.24) is 9.55 Å². The Bertz CT molecular complexity index is 1060. The number of carbonyl (C=O) groups excluding carboxylic acids is 2. The van der Waals surface area contributed by atoms with Gasteiger partial charge in [-0.2, -0.15) is 0 Å². The maximum atomic E-state index is 13.6. The highest BCUT2D eigenvalue weighted by atomic mass is 16.5. The first-order chi connectivity index (χ1) is 14.5. The van der Waals surface area contributed by atoms with Gasteiger partial charge in [-0.25, -0.2) is 4.98 Å². The molecule has 0 N–H and O–H groups in total. The van der Waals surface area contributed by atoms with Crippen molar-refractivity contribution in [1.29, 1.82) is 0 Å². The van der Waals surface area contributed by atoms with Crippen LogP contribution >= 0.6 is 0 Å². The van der Waals surface area contributed by atoms with Crippen LogP contribution in [0.15, 0.2) is 54.6 Å². The Morgan fingerprint density at radius 3 is 2.50 bits per heavy atom. The third-order valence-electron chi connectivity index (χ3n) is 5.68. The van der Waals surface area contributed by atoms with Crippen molar-refractivity contribution in [3.05, 3.63) is 60.2 Å². The van der Waals surface area contributed by atoms with Gasteiger partial charge in [-0.1, -0.05) is 56.3 Å². The van der Waals surface area contributed by atoms with Crippen LogP contribution in [0.4, 0.5) is 5.95 Å². The van der Waals surface area contributed by atoms with Gasteiger partial charge >= 0.3 is 5.97 Å². The Morgan fingerprint density at radius 2 is 1.80 bits per heavy atom. The van der Waals surface area contributed by atoms with Crippen molar-refractivity contribution >= 4 is 28.9 Å². The van der Waals surface area contributed by atoms with E-state index in [4.69, 9.17) is 9.72 Å². The summed E-state index contributed by atoms with van der Waals surface area (Å²) in [7, 11) is 0. The number of aromatic nitrogens is 2. The molecule has 30 heavy (non-hydrogen) atoms. The first-order valence-corrected chi connectivity index (χ1v) is 10.5. The van der Waals surface area contributed by atoms with Crippen LogP contribution in [0, 0.1) is 11.8 Å². The SMILES string of the molecule is CCOC(=O)[C@H]1C(=O)N(CCc2ccccc2)c2nc3ccccc3n2[C@@H]1C(C)C. The van der Waals surface area contributed by atoms with Gasteiger partial charge in [0, 0.05) is 6.54 Å². The maximum Gasteiger partial charge on any atom is 0.320 e. The van der Waals surface area contributed by atoms with Gasteiger partial charge in [0.05, 0.1) is 23.7 Å². The van der Waals surface area contributed by atoms with Crippen molar-refractivity contribution in [3.8, 4) is 0 Å². The van der Waals surface area contributed by atoms with Gasteiger partial charge in [0.2, 0.25) is 11.9 Å². The third-order valence-corrected chi connectivity index (χ3v) is 5.68. The van der Waals surface area contributed by atoms with Crippen LogP contribution in [-0.4, -0.2) is 34.6 Å². The second-order valence-corrected chi connectivity index (χ2v) is 7.96. The van der Waals surface area contributed by atoms with Crippen LogP contribution in [0.25, 0.3) is 11.0 Å². The van der Waals surface area contributed by atoms with E-state index >= 15 is 0 Å². The summed E-state index contributed by atoms with van der Waals surface area (Å²) in [6.45, 7) is 6.52. The number of rotatable bonds is 6. The summed E-state index contributed by atoms with van der Waals surface area (Å²) in [5, 5.41) is 0. The van der Waals surface area contributed by atoms with E-state index in [0.717, 1.165) is 16.6 Å². The first kappa shape index (κ1) is 20.1. The molecule has 1 aromatic heterocycles. The summed E-state index contributed by atoms with van der Waals surface area (Å²) >= 11 is 0. The van der Waals surface area contributed by atoms with Gasteiger partial charge in [-0.3, -0.25) is 14.5 Å². The first-order valence-electron chi connectivity index (χ1n) is 10.5. The lowest BCUT2D eigenvalue weighted by molar-refractivity contribution is -0.154. The lowest BCUT2D eigenvalue weighted by Gasteiger charge is -2.39. The fraction of sp³-hybridized carbons (Fsp3) is 0.375. The smallest absolute Gasteiger partial charge is 0.320 e. The number of anilines is 1. The molecule has 4 rings (SSSR count). The average molecular weight is 405 g/mol. The molecule has 1 amide bonds. The lowest BCUT2D eigenvalue weighted by atomic mass is 9.87. The maximum absolute atomic E-state index is 13.6. The highest BCUT2D eigenvalue weighted by Gasteiger charge is 2.48. The van der Waals surface area contributed by atoms with Crippen molar-refractivity contribution in [2.45, 2.75) is 33.2 Å². The highest BCUT2D eigenvalue weighted by Crippen LogP contribution is 2.41. The topological polar surface area (TPSA) is 64.4 Å². The number of hydrogen-bond donors (Lipinski definition) is 0. The van der Waals surface area contributed by atoms with Crippen LogP contribution in [0.1, 0.15) is 32.4 Å². The Morgan fingerprint density at radius 1 is 1.10 bits per heavy atom. The molecule has 0 saturated heterocycles. The van der Waals surface area contributed by atoms with E-state index in [9.17, 15) is 9.59 Å². The molecule has 2 aromatic carbocycles. The summed E-state index contributed by atoms with van der Waals surface area (Å²) < 4.78 is 7.39. The predicted molar refractivity (Wildman–Crippen MR) is 116 cm³/mol. The van der Waals surface area contributed by atoms with E-state index in [2.05, 4.69) is 4.57 Å². The second kappa shape index (κ2) is 8.30. The Kier molecular flexibility index (Phi) is 5.57. The number of carbonyl (C=O) groups is 2. The fourth-order valence-corrected chi connectivity index (χ4v) is 4.33. The van der Waals surface area contributed by atoms with E-state index in [1.807, 2.05) is 68.4 Å². The van der Waals surface area contributed by atoms with Crippen molar-refractivity contribution in [2.24, 2.45) is 11.8 Å². The molecule has 0 aliphatic carbocycles. The molecule has 1 aliphatic rings. The molecule has 0 bridgehead atoms. The minimum absolute atomic E-state index is 0.0518. The number of nitrogens with zero attached hydrogens (tertiary/aromatic N) is 3. The van der Waals surface area contributed by atoms with Crippen LogP contribution in [0.3, 0.4) is 0 Å². The van der Waals surface area contributed by atoms with Gasteiger partial charge < -0.3 is 9.30 Å². The van der Waals surface area contributed by atoms with Gasteiger partial charge in [0.15, 0.2) is 5.92 Å². The lowest BCUT2D eigenvalue weighted by Crippen LogP contribution is -2.51. The highest BCUT2D eigenvalue weighted by molar-refractivity contribution is 6.08. The molecule has 1 aliphatic heterocycles. The fourth-order valence-electron chi connectivity index (χ4n) is 4.33. The zero-order valence-corrected chi connectivity index (χ0v) is 17.6. The Balaban J connectivity index is 1.82. The van der Waals surface area contributed by atoms with E-state index in [1.165, 1.54) is 0 Å². The molecule has 3 aromatic rings. The van der Waals surface area contributed by atoms with Crippen LogP contribution < -0.4 is 4.90 Å². The number of benzene rings is 2. The Labute approximate surface area is 176 Å². The Hall–Kier alpha value is -3.15. The van der Waals surface area contributed by atoms with Crippen molar-refractivity contribution < 1.29 is 14.3 Å². The number of para-hydroxylation sites is 2. The molecule has 6 nitrogen and oxygen atoms in total. The molecule has 2 heterocycles. The molecule has 156 valence electrons. The van der Waals surface area contributed by atoms with Crippen LogP contribution in [0.2, 0.25) is 0 Å². The molecule has 0 radical (unpaired) electrons. The molecule has 0 spiro atoms. The molecule has 0 unspecified atom stereocenters. The molecule has 2 atom stereocenters. The van der Waals surface area contributed by atoms with E-state index in [1.54, 1.807) is 11.8 Å². The summed E-state index contributed by atoms with van der Waals surface area (Å²) in [6.07, 6.45) is 0.678. The molecular weight excluding hydrogens is 378 g/mol. The number of fused-ring (bicyclic) bond motifs is 3. The quantitative estimate of drug-likeness (QED) is 0.459. The third kappa shape index (κ3) is 3.47. The monoisotopic (exact) mass is 405 g/mol. The van der Waals surface area contributed by atoms with Gasteiger partial charge in [0.1, 0.15) is 0 Å². The molecule has 6 heteroatoms. The second-order valence-electron chi connectivity index (χ2n) is 7.96. The molecular formula is C24H27N3O3. The summed E-state index contributed by atoms with van der Waals surface area (Å²) in [4.78, 5) is 32.9. The van der Waals surface area contributed by atoms with Crippen molar-refractivity contribution in [2.75, 3.05) is 18.1 Å². The molecule has 0 fully saturated rings. The summed E-state index contributed by atoms with van der Waals surface area (Å²) in [6, 6.07) is 17.5. The normalized spacial score (nSPS) is 18.7. The number of hydrogen-bond acceptors (Lipinski definition) is 4. The number of imidazole rings is 1. The minimum atomic E-state index is -0.883. The van der Waals surface area contributed by atoms with E-state index in [-0.39, 0.29) is 24.5 Å². The number of amides is 1. The summed E-state index contributed by atoms with van der Waals surface area (Å²) in [5.41, 5.74) is 2.88. The minimum Gasteiger partial charge on any atom is -0.465 e. The van der Waals surface area contributed by atoms with Crippen molar-refractivity contribution in [3.63, 3.8) is 0 Å². The van der Waals surface area contributed by atoms with Gasteiger partial charge in [0.25, 0.3) is 0 Å². The average Bonchev–Trinajstić information content (AvgIpc) is 3.12.